The SMILES string of the molecule is CCCC(C)Oc1cc(OC(C)CCC)cc(C(=O)CCc2cc(CC)ccc2OC(C)CCC)c1. The van der Waals surface area contributed by atoms with Crippen molar-refractivity contribution in [3.8, 4) is 17.2 Å². The zero-order valence-corrected chi connectivity index (χ0v) is 23.7. The Morgan fingerprint density at radius 2 is 1.25 bits per heavy atom. The normalized spacial score (nSPS) is 13.6. The quantitative estimate of drug-likeness (QED) is 0.205. The molecular formula is C32H48O4. The molecule has 0 amide bonds. The van der Waals surface area contributed by atoms with E-state index in [-0.39, 0.29) is 24.1 Å². The van der Waals surface area contributed by atoms with Gasteiger partial charge in [-0.25, -0.2) is 0 Å². The van der Waals surface area contributed by atoms with Crippen LogP contribution in [0, 0.1) is 0 Å². The van der Waals surface area contributed by atoms with Crippen molar-refractivity contribution in [1.29, 1.82) is 0 Å². The zero-order chi connectivity index (χ0) is 26.5. The molecule has 0 aliphatic rings. The molecule has 0 bridgehead atoms. The van der Waals surface area contributed by atoms with E-state index in [1.54, 1.807) is 0 Å². The fraction of sp³-hybridized carbons (Fsp3) is 0.594. The fourth-order valence-corrected chi connectivity index (χ4v) is 4.50. The van der Waals surface area contributed by atoms with E-state index in [2.05, 4.69) is 66.7 Å². The Morgan fingerprint density at radius 3 is 1.75 bits per heavy atom. The van der Waals surface area contributed by atoms with Crippen LogP contribution < -0.4 is 14.2 Å². The van der Waals surface area contributed by atoms with Gasteiger partial charge in [0.25, 0.3) is 0 Å². The van der Waals surface area contributed by atoms with Crippen molar-refractivity contribution in [2.24, 2.45) is 0 Å². The Hall–Kier alpha value is -2.49. The summed E-state index contributed by atoms with van der Waals surface area (Å²) in [6, 6.07) is 12.0. The highest BCUT2D eigenvalue weighted by Gasteiger charge is 2.16. The lowest BCUT2D eigenvalue weighted by Gasteiger charge is -2.19. The summed E-state index contributed by atoms with van der Waals surface area (Å²) < 4.78 is 18.6. The van der Waals surface area contributed by atoms with Gasteiger partial charge in [0.1, 0.15) is 17.2 Å². The third-order valence-electron chi connectivity index (χ3n) is 6.44. The third-order valence-corrected chi connectivity index (χ3v) is 6.44. The van der Waals surface area contributed by atoms with Gasteiger partial charge in [-0.3, -0.25) is 4.79 Å². The van der Waals surface area contributed by atoms with Crippen LogP contribution in [0.2, 0.25) is 0 Å². The van der Waals surface area contributed by atoms with Crippen LogP contribution in [0.15, 0.2) is 36.4 Å². The van der Waals surface area contributed by atoms with E-state index >= 15 is 0 Å². The summed E-state index contributed by atoms with van der Waals surface area (Å²) in [5.74, 6) is 2.38. The summed E-state index contributed by atoms with van der Waals surface area (Å²) >= 11 is 0. The molecule has 0 aliphatic heterocycles. The zero-order valence-electron chi connectivity index (χ0n) is 23.7. The highest BCUT2D eigenvalue weighted by atomic mass is 16.5. The molecule has 2 rings (SSSR count). The van der Waals surface area contributed by atoms with Crippen molar-refractivity contribution >= 4 is 5.78 Å². The summed E-state index contributed by atoms with van der Waals surface area (Å²) in [7, 11) is 0. The van der Waals surface area contributed by atoms with Crippen molar-refractivity contribution in [3.63, 3.8) is 0 Å². The molecule has 2 aromatic carbocycles. The molecule has 0 spiro atoms. The third kappa shape index (κ3) is 9.87. The highest BCUT2D eigenvalue weighted by Crippen LogP contribution is 2.29. The predicted molar refractivity (Wildman–Crippen MR) is 150 cm³/mol. The van der Waals surface area contributed by atoms with E-state index in [9.17, 15) is 4.79 Å². The van der Waals surface area contributed by atoms with Gasteiger partial charge in [-0.05, 0) is 82.2 Å². The standard InChI is InChI=1S/C32H48O4/c1-8-12-23(5)34-29-20-28(21-30(22-29)35-24(6)13-9-2)31(33)17-16-27-19-26(11-4)15-18-32(27)36-25(7)14-10-3/h15,18-25H,8-14,16-17H2,1-7H3. The first-order valence-corrected chi connectivity index (χ1v) is 14.1. The summed E-state index contributed by atoms with van der Waals surface area (Å²) in [5, 5.41) is 0. The molecule has 3 atom stereocenters. The van der Waals surface area contributed by atoms with E-state index < -0.39 is 0 Å². The van der Waals surface area contributed by atoms with Gasteiger partial charge in [0.2, 0.25) is 0 Å². The summed E-state index contributed by atoms with van der Waals surface area (Å²) in [6.07, 6.45) is 8.45. The summed E-state index contributed by atoms with van der Waals surface area (Å²) in [6.45, 7) is 14.9. The van der Waals surface area contributed by atoms with Gasteiger partial charge in [-0.15, -0.1) is 0 Å². The number of aryl methyl sites for hydroxylation is 2. The molecule has 4 heteroatoms. The highest BCUT2D eigenvalue weighted by molar-refractivity contribution is 5.97. The van der Waals surface area contributed by atoms with Crippen LogP contribution in [0.25, 0.3) is 0 Å². The molecule has 36 heavy (non-hydrogen) atoms. The topological polar surface area (TPSA) is 44.8 Å². The van der Waals surface area contributed by atoms with Crippen LogP contribution in [-0.2, 0) is 12.8 Å². The molecule has 0 saturated heterocycles. The van der Waals surface area contributed by atoms with Gasteiger partial charge in [0, 0.05) is 18.1 Å². The minimum Gasteiger partial charge on any atom is -0.491 e. The van der Waals surface area contributed by atoms with Crippen LogP contribution in [0.5, 0.6) is 17.2 Å². The monoisotopic (exact) mass is 496 g/mol. The average molecular weight is 497 g/mol. The largest absolute Gasteiger partial charge is 0.491 e. The lowest BCUT2D eigenvalue weighted by Crippen LogP contribution is -2.14. The first kappa shape index (κ1) is 29.7. The number of Topliss-reactive ketones (excluding diaryl/α,β-unsaturated/α-hetero) is 1. The number of hydrogen-bond donors (Lipinski definition) is 0. The smallest absolute Gasteiger partial charge is 0.163 e. The van der Waals surface area contributed by atoms with Crippen molar-refractivity contribution < 1.29 is 19.0 Å². The molecular weight excluding hydrogens is 448 g/mol. The minimum atomic E-state index is 0.0860. The lowest BCUT2D eigenvalue weighted by atomic mass is 9.99. The van der Waals surface area contributed by atoms with Crippen LogP contribution in [0.1, 0.15) is 115 Å². The van der Waals surface area contributed by atoms with Crippen LogP contribution >= 0.6 is 0 Å². The number of ether oxygens (including phenoxy) is 3. The van der Waals surface area contributed by atoms with Gasteiger partial charge in [-0.1, -0.05) is 59.1 Å². The average Bonchev–Trinajstić information content (AvgIpc) is 2.83. The first-order chi connectivity index (χ1) is 17.3. The Labute approximate surface area is 219 Å². The molecule has 0 N–H and O–H groups in total. The second-order valence-electron chi connectivity index (χ2n) is 10.1. The Kier molecular flexibility index (Phi) is 12.9. The maximum atomic E-state index is 13.4. The molecule has 2 aromatic rings. The predicted octanol–water partition coefficient (Wildman–Crippen LogP) is 8.77. The molecule has 0 aliphatic carbocycles. The molecule has 3 unspecified atom stereocenters. The number of ketones is 1. The van der Waals surface area contributed by atoms with Gasteiger partial charge in [-0.2, -0.15) is 0 Å². The van der Waals surface area contributed by atoms with Crippen LogP contribution in [0.4, 0.5) is 0 Å². The van der Waals surface area contributed by atoms with Crippen molar-refractivity contribution in [2.75, 3.05) is 0 Å². The van der Waals surface area contributed by atoms with Gasteiger partial charge in [0.15, 0.2) is 5.78 Å². The second-order valence-corrected chi connectivity index (χ2v) is 10.1. The first-order valence-electron chi connectivity index (χ1n) is 14.1. The van der Waals surface area contributed by atoms with Crippen molar-refractivity contribution in [3.05, 3.63) is 53.1 Å². The van der Waals surface area contributed by atoms with E-state index in [0.29, 0.717) is 29.9 Å². The number of benzene rings is 2. The molecule has 0 radical (unpaired) electrons. The minimum absolute atomic E-state index is 0.0860. The molecule has 0 fully saturated rings. The molecule has 0 saturated carbocycles. The molecule has 0 aromatic heterocycles. The van der Waals surface area contributed by atoms with Crippen molar-refractivity contribution in [1.82, 2.24) is 0 Å². The number of rotatable bonds is 17. The molecule has 4 nitrogen and oxygen atoms in total. The summed E-state index contributed by atoms with van der Waals surface area (Å²) in [4.78, 5) is 13.4. The van der Waals surface area contributed by atoms with E-state index in [1.807, 2.05) is 18.2 Å². The van der Waals surface area contributed by atoms with Crippen LogP contribution in [0.3, 0.4) is 0 Å². The Bertz CT molecular complexity index is 903. The number of carbonyl (C=O) groups is 1. The molecule has 0 heterocycles. The van der Waals surface area contributed by atoms with Gasteiger partial charge in [0.05, 0.1) is 18.3 Å². The fourth-order valence-electron chi connectivity index (χ4n) is 4.50. The van der Waals surface area contributed by atoms with Gasteiger partial charge >= 0.3 is 0 Å². The Balaban J connectivity index is 2.24. The van der Waals surface area contributed by atoms with Crippen molar-refractivity contribution in [2.45, 2.75) is 125 Å². The van der Waals surface area contributed by atoms with E-state index in [4.69, 9.17) is 14.2 Å². The van der Waals surface area contributed by atoms with Gasteiger partial charge < -0.3 is 14.2 Å². The molecule has 200 valence electrons. The maximum absolute atomic E-state index is 13.4. The van der Waals surface area contributed by atoms with E-state index in [1.165, 1.54) is 5.56 Å². The number of carbonyl (C=O) groups excluding carboxylic acids is 1. The maximum Gasteiger partial charge on any atom is 0.163 e. The number of hydrogen-bond acceptors (Lipinski definition) is 4. The summed E-state index contributed by atoms with van der Waals surface area (Å²) in [5.41, 5.74) is 3.00. The second kappa shape index (κ2) is 15.6. The van der Waals surface area contributed by atoms with E-state index in [0.717, 1.165) is 56.3 Å². The lowest BCUT2D eigenvalue weighted by molar-refractivity contribution is 0.0980. The van der Waals surface area contributed by atoms with Crippen LogP contribution in [-0.4, -0.2) is 24.1 Å². The Morgan fingerprint density at radius 1 is 0.722 bits per heavy atom.